The Morgan fingerprint density at radius 2 is 2.29 bits per heavy atom. The first-order chi connectivity index (χ1) is 6.79. The molecule has 0 aromatic carbocycles. The van der Waals surface area contributed by atoms with Crippen molar-refractivity contribution in [3.8, 4) is 0 Å². The third kappa shape index (κ3) is 2.18. The lowest BCUT2D eigenvalue weighted by molar-refractivity contribution is 0.169. The number of nitrogens with one attached hydrogen (secondary N) is 1. The van der Waals surface area contributed by atoms with Crippen molar-refractivity contribution in [3.05, 3.63) is 12.2 Å². The van der Waals surface area contributed by atoms with Gasteiger partial charge in [0.05, 0.1) is 6.61 Å². The molecule has 2 heteroatoms. The Morgan fingerprint density at radius 3 is 2.86 bits per heavy atom. The van der Waals surface area contributed by atoms with E-state index in [2.05, 4.69) is 24.4 Å². The lowest BCUT2D eigenvalue weighted by Gasteiger charge is -2.21. The molecular formula is C12H21NO. The van der Waals surface area contributed by atoms with Crippen molar-refractivity contribution < 1.29 is 4.74 Å². The second-order valence-corrected chi connectivity index (χ2v) is 4.80. The van der Waals surface area contributed by atoms with E-state index in [1.54, 1.807) is 7.11 Å². The first kappa shape index (κ1) is 10.2. The van der Waals surface area contributed by atoms with Gasteiger partial charge in [-0.1, -0.05) is 12.2 Å². The van der Waals surface area contributed by atoms with Crippen LogP contribution in [0.3, 0.4) is 0 Å². The van der Waals surface area contributed by atoms with Gasteiger partial charge >= 0.3 is 0 Å². The van der Waals surface area contributed by atoms with Crippen LogP contribution in [0.2, 0.25) is 0 Å². The molecule has 1 N–H and O–H groups in total. The van der Waals surface area contributed by atoms with Gasteiger partial charge in [-0.3, -0.25) is 0 Å². The Kier molecular flexibility index (Phi) is 3.24. The quantitative estimate of drug-likeness (QED) is 0.676. The first-order valence-corrected chi connectivity index (χ1v) is 5.70. The maximum atomic E-state index is 5.10. The number of ether oxygens (including phenoxy) is 1. The molecule has 2 nitrogen and oxygen atoms in total. The molecule has 0 heterocycles. The van der Waals surface area contributed by atoms with E-state index in [1.165, 1.54) is 12.8 Å². The van der Waals surface area contributed by atoms with E-state index >= 15 is 0 Å². The molecule has 0 aromatic rings. The van der Waals surface area contributed by atoms with Crippen LogP contribution in [0.5, 0.6) is 0 Å². The van der Waals surface area contributed by atoms with Crippen LogP contribution in [0.25, 0.3) is 0 Å². The molecule has 1 saturated carbocycles. The smallest absolute Gasteiger partial charge is 0.0613 e. The van der Waals surface area contributed by atoms with Gasteiger partial charge < -0.3 is 10.1 Å². The summed E-state index contributed by atoms with van der Waals surface area (Å²) in [4.78, 5) is 0. The highest BCUT2D eigenvalue weighted by atomic mass is 16.5. The minimum Gasteiger partial charge on any atom is -0.383 e. The summed E-state index contributed by atoms with van der Waals surface area (Å²) in [6, 6.07) is 0.489. The maximum absolute atomic E-state index is 5.10. The standard InChI is InChI=1S/C12H21NO/c1-9(8-14-2)13-7-12-6-10-3-4-11(12)5-10/h3-4,9-13H,5-8H2,1-2H3/t9-,10-,11-,12+/m0/s1. The number of rotatable bonds is 5. The Balaban J connectivity index is 1.69. The molecule has 2 rings (SSSR count). The van der Waals surface area contributed by atoms with E-state index in [-0.39, 0.29) is 0 Å². The fraction of sp³-hybridized carbons (Fsp3) is 0.833. The molecule has 0 amide bonds. The lowest BCUT2D eigenvalue weighted by atomic mass is 9.93. The van der Waals surface area contributed by atoms with Gasteiger partial charge in [-0.05, 0) is 44.1 Å². The van der Waals surface area contributed by atoms with Crippen molar-refractivity contribution >= 4 is 0 Å². The first-order valence-electron chi connectivity index (χ1n) is 5.70. The zero-order valence-electron chi connectivity index (χ0n) is 9.20. The van der Waals surface area contributed by atoms with E-state index in [1.807, 2.05) is 0 Å². The number of hydrogen-bond acceptors (Lipinski definition) is 2. The summed E-state index contributed by atoms with van der Waals surface area (Å²) >= 11 is 0. The summed E-state index contributed by atoms with van der Waals surface area (Å²) in [5.74, 6) is 2.64. The van der Waals surface area contributed by atoms with Crippen molar-refractivity contribution in [1.82, 2.24) is 5.32 Å². The number of allylic oxidation sites excluding steroid dienone is 2. The zero-order valence-corrected chi connectivity index (χ0v) is 9.20. The fourth-order valence-corrected chi connectivity index (χ4v) is 2.79. The van der Waals surface area contributed by atoms with Crippen LogP contribution in [0.4, 0.5) is 0 Å². The Labute approximate surface area is 86.7 Å². The van der Waals surface area contributed by atoms with Crippen LogP contribution < -0.4 is 5.32 Å². The number of hydrogen-bond donors (Lipinski definition) is 1. The SMILES string of the molecule is COC[C@H](C)NC[C@H]1C[C@H]2C=C[C@H]1C2. The summed E-state index contributed by atoms with van der Waals surface area (Å²) in [5.41, 5.74) is 0. The van der Waals surface area contributed by atoms with Gasteiger partial charge in [0.15, 0.2) is 0 Å². The third-order valence-corrected chi connectivity index (χ3v) is 3.56. The molecule has 0 radical (unpaired) electrons. The molecule has 4 atom stereocenters. The summed E-state index contributed by atoms with van der Waals surface area (Å²) < 4.78 is 5.10. The minimum atomic E-state index is 0.489. The summed E-state index contributed by atoms with van der Waals surface area (Å²) in [6.45, 7) is 4.17. The van der Waals surface area contributed by atoms with Gasteiger partial charge in [0.1, 0.15) is 0 Å². The summed E-state index contributed by atoms with van der Waals surface area (Å²) in [6.07, 6.45) is 7.63. The molecule has 0 aromatic heterocycles. The van der Waals surface area contributed by atoms with E-state index in [9.17, 15) is 0 Å². The van der Waals surface area contributed by atoms with Crippen molar-refractivity contribution in [2.45, 2.75) is 25.8 Å². The summed E-state index contributed by atoms with van der Waals surface area (Å²) in [5, 5.41) is 3.55. The van der Waals surface area contributed by atoms with Gasteiger partial charge in [-0.2, -0.15) is 0 Å². The predicted octanol–water partition coefficient (Wildman–Crippen LogP) is 1.82. The van der Waals surface area contributed by atoms with Crippen molar-refractivity contribution in [2.24, 2.45) is 17.8 Å². The third-order valence-electron chi connectivity index (χ3n) is 3.56. The van der Waals surface area contributed by atoms with Crippen molar-refractivity contribution in [2.75, 3.05) is 20.3 Å². The molecule has 0 unspecified atom stereocenters. The van der Waals surface area contributed by atoms with Crippen LogP contribution in [0.1, 0.15) is 19.8 Å². The van der Waals surface area contributed by atoms with Crippen LogP contribution >= 0.6 is 0 Å². The molecule has 2 aliphatic carbocycles. The largest absolute Gasteiger partial charge is 0.383 e. The van der Waals surface area contributed by atoms with Gasteiger partial charge in [0, 0.05) is 13.2 Å². The summed E-state index contributed by atoms with van der Waals surface area (Å²) in [7, 11) is 1.76. The molecule has 1 fully saturated rings. The molecule has 0 saturated heterocycles. The van der Waals surface area contributed by atoms with Crippen molar-refractivity contribution in [1.29, 1.82) is 0 Å². The highest BCUT2D eigenvalue weighted by Gasteiger charge is 2.35. The van der Waals surface area contributed by atoms with Crippen LogP contribution in [0, 0.1) is 17.8 Å². The lowest BCUT2D eigenvalue weighted by Crippen LogP contribution is -2.35. The number of fused-ring (bicyclic) bond motifs is 2. The van der Waals surface area contributed by atoms with Gasteiger partial charge in [0.2, 0.25) is 0 Å². The van der Waals surface area contributed by atoms with Crippen molar-refractivity contribution in [3.63, 3.8) is 0 Å². The fourth-order valence-electron chi connectivity index (χ4n) is 2.79. The normalized spacial score (nSPS) is 36.6. The Morgan fingerprint density at radius 1 is 1.43 bits per heavy atom. The maximum Gasteiger partial charge on any atom is 0.0613 e. The van der Waals surface area contributed by atoms with Gasteiger partial charge in [0.25, 0.3) is 0 Å². The molecule has 0 aliphatic heterocycles. The molecule has 0 spiro atoms. The second-order valence-electron chi connectivity index (χ2n) is 4.80. The monoisotopic (exact) mass is 195 g/mol. The topological polar surface area (TPSA) is 21.3 Å². The molecule has 80 valence electrons. The van der Waals surface area contributed by atoms with Crippen LogP contribution in [-0.2, 0) is 4.74 Å². The van der Waals surface area contributed by atoms with Gasteiger partial charge in [-0.15, -0.1) is 0 Å². The molecule has 2 bridgehead atoms. The van der Waals surface area contributed by atoms with Crippen LogP contribution in [0.15, 0.2) is 12.2 Å². The predicted molar refractivity (Wildman–Crippen MR) is 58.2 cm³/mol. The minimum absolute atomic E-state index is 0.489. The molecular weight excluding hydrogens is 174 g/mol. The van der Waals surface area contributed by atoms with E-state index in [0.29, 0.717) is 6.04 Å². The second kappa shape index (κ2) is 4.45. The van der Waals surface area contributed by atoms with Gasteiger partial charge in [-0.25, -0.2) is 0 Å². The van der Waals surface area contributed by atoms with E-state index in [0.717, 1.165) is 30.9 Å². The number of methoxy groups -OCH3 is 1. The molecule has 14 heavy (non-hydrogen) atoms. The van der Waals surface area contributed by atoms with E-state index in [4.69, 9.17) is 4.74 Å². The average molecular weight is 195 g/mol. The zero-order chi connectivity index (χ0) is 9.97. The molecule has 2 aliphatic rings. The average Bonchev–Trinajstić information content (AvgIpc) is 2.76. The van der Waals surface area contributed by atoms with Crippen LogP contribution in [-0.4, -0.2) is 26.3 Å². The Hall–Kier alpha value is -0.340. The highest BCUT2D eigenvalue weighted by molar-refractivity contribution is 5.10. The highest BCUT2D eigenvalue weighted by Crippen LogP contribution is 2.42. The Bertz CT molecular complexity index is 214. The van der Waals surface area contributed by atoms with E-state index < -0.39 is 0 Å².